The number of alkyl halides is 3. The van der Waals surface area contributed by atoms with Gasteiger partial charge in [-0.1, -0.05) is 6.92 Å². The molecule has 1 saturated heterocycles. The number of carbonyl (C=O) groups excluding carboxylic acids is 1. The summed E-state index contributed by atoms with van der Waals surface area (Å²) in [5.41, 5.74) is 0. The second-order valence-corrected chi connectivity index (χ2v) is 4.64. The normalized spacial score (nSPS) is 17.5. The van der Waals surface area contributed by atoms with Crippen molar-refractivity contribution in [2.45, 2.75) is 19.5 Å². The Bertz CT molecular complexity index is 465. The van der Waals surface area contributed by atoms with Crippen LogP contribution in [0.25, 0.3) is 0 Å². The van der Waals surface area contributed by atoms with E-state index in [0.717, 1.165) is 0 Å². The molecule has 1 fully saturated rings. The van der Waals surface area contributed by atoms with Crippen LogP contribution in [-0.4, -0.2) is 69.8 Å². The number of H-pyrrole nitrogens is 1. The van der Waals surface area contributed by atoms with Crippen LogP contribution in [0, 0.1) is 0 Å². The van der Waals surface area contributed by atoms with Gasteiger partial charge in [0.25, 0.3) is 5.91 Å². The van der Waals surface area contributed by atoms with Gasteiger partial charge in [0.05, 0.1) is 6.54 Å². The maximum atomic E-state index is 12.3. The van der Waals surface area contributed by atoms with Crippen LogP contribution in [-0.2, 0) is 6.42 Å². The van der Waals surface area contributed by atoms with Gasteiger partial charge in [0, 0.05) is 32.6 Å². The van der Waals surface area contributed by atoms with Gasteiger partial charge in [-0.2, -0.15) is 13.2 Å². The molecule has 20 heavy (non-hydrogen) atoms. The van der Waals surface area contributed by atoms with Gasteiger partial charge >= 0.3 is 6.18 Å². The van der Waals surface area contributed by atoms with E-state index in [9.17, 15) is 18.0 Å². The standard InChI is InChI=1S/C11H16F3N5O/c1-2-8-15-9(17-16-8)10(20)19-5-3-18(4-6-19)7-11(12,13)14/h2-7H2,1H3,(H,15,16,17). The van der Waals surface area contributed by atoms with Crippen molar-refractivity contribution in [3.05, 3.63) is 11.6 Å². The second kappa shape index (κ2) is 5.78. The van der Waals surface area contributed by atoms with E-state index < -0.39 is 12.7 Å². The summed E-state index contributed by atoms with van der Waals surface area (Å²) in [6, 6.07) is 0. The number of hydrogen-bond acceptors (Lipinski definition) is 4. The fourth-order valence-corrected chi connectivity index (χ4v) is 2.05. The van der Waals surface area contributed by atoms with E-state index in [2.05, 4.69) is 15.2 Å². The molecule has 0 unspecified atom stereocenters. The number of aryl methyl sites for hydroxylation is 1. The minimum absolute atomic E-state index is 0.0751. The molecule has 1 aromatic heterocycles. The molecule has 1 N–H and O–H groups in total. The zero-order valence-electron chi connectivity index (χ0n) is 11.1. The van der Waals surface area contributed by atoms with E-state index in [1.807, 2.05) is 6.92 Å². The summed E-state index contributed by atoms with van der Waals surface area (Å²) in [7, 11) is 0. The fourth-order valence-electron chi connectivity index (χ4n) is 2.05. The van der Waals surface area contributed by atoms with Crippen molar-refractivity contribution in [2.75, 3.05) is 32.7 Å². The quantitative estimate of drug-likeness (QED) is 0.890. The number of carbonyl (C=O) groups is 1. The molecule has 0 atom stereocenters. The molecule has 0 bridgehead atoms. The highest BCUT2D eigenvalue weighted by Gasteiger charge is 2.33. The number of aromatic amines is 1. The molecule has 2 heterocycles. The zero-order chi connectivity index (χ0) is 14.8. The summed E-state index contributed by atoms with van der Waals surface area (Å²) in [4.78, 5) is 18.9. The summed E-state index contributed by atoms with van der Waals surface area (Å²) in [6.07, 6.45) is -3.56. The van der Waals surface area contributed by atoms with E-state index in [0.29, 0.717) is 12.2 Å². The summed E-state index contributed by atoms with van der Waals surface area (Å²) >= 11 is 0. The number of piperazine rings is 1. The minimum atomic E-state index is -4.20. The molecular formula is C11H16F3N5O. The van der Waals surface area contributed by atoms with Crippen molar-refractivity contribution in [2.24, 2.45) is 0 Å². The molecular weight excluding hydrogens is 275 g/mol. The lowest BCUT2D eigenvalue weighted by molar-refractivity contribution is -0.148. The van der Waals surface area contributed by atoms with Gasteiger partial charge in [0.1, 0.15) is 5.82 Å². The van der Waals surface area contributed by atoms with Crippen molar-refractivity contribution in [3.63, 3.8) is 0 Å². The van der Waals surface area contributed by atoms with Crippen molar-refractivity contribution in [3.8, 4) is 0 Å². The Balaban J connectivity index is 1.88. The highest BCUT2D eigenvalue weighted by atomic mass is 19.4. The molecule has 0 spiro atoms. The first-order chi connectivity index (χ1) is 9.39. The molecule has 0 aliphatic carbocycles. The first-order valence-corrected chi connectivity index (χ1v) is 6.38. The number of nitrogens with one attached hydrogen (secondary N) is 1. The van der Waals surface area contributed by atoms with Crippen LogP contribution in [0.3, 0.4) is 0 Å². The van der Waals surface area contributed by atoms with Crippen LogP contribution in [0.2, 0.25) is 0 Å². The predicted molar refractivity (Wildman–Crippen MR) is 64.2 cm³/mol. The van der Waals surface area contributed by atoms with E-state index in [1.54, 1.807) is 0 Å². The third kappa shape index (κ3) is 3.69. The third-order valence-corrected chi connectivity index (χ3v) is 3.12. The Labute approximate surface area is 114 Å². The third-order valence-electron chi connectivity index (χ3n) is 3.12. The van der Waals surface area contributed by atoms with Crippen LogP contribution in [0.4, 0.5) is 13.2 Å². The average Bonchev–Trinajstić information content (AvgIpc) is 2.85. The van der Waals surface area contributed by atoms with Gasteiger partial charge in [-0.15, -0.1) is 5.10 Å². The molecule has 1 aliphatic rings. The van der Waals surface area contributed by atoms with E-state index >= 15 is 0 Å². The topological polar surface area (TPSA) is 65.1 Å². The Morgan fingerprint density at radius 1 is 1.30 bits per heavy atom. The fraction of sp³-hybridized carbons (Fsp3) is 0.727. The van der Waals surface area contributed by atoms with Crippen molar-refractivity contribution < 1.29 is 18.0 Å². The van der Waals surface area contributed by atoms with Crippen LogP contribution >= 0.6 is 0 Å². The van der Waals surface area contributed by atoms with Gasteiger partial charge in [0.15, 0.2) is 0 Å². The Hall–Kier alpha value is -1.64. The maximum Gasteiger partial charge on any atom is 0.401 e. The van der Waals surface area contributed by atoms with Crippen molar-refractivity contribution in [1.82, 2.24) is 25.0 Å². The minimum Gasteiger partial charge on any atom is -0.333 e. The molecule has 0 aromatic carbocycles. The summed E-state index contributed by atoms with van der Waals surface area (Å²) in [6.45, 7) is 1.86. The van der Waals surface area contributed by atoms with Gasteiger partial charge in [-0.05, 0) is 0 Å². The molecule has 9 heteroatoms. The Morgan fingerprint density at radius 3 is 2.45 bits per heavy atom. The molecule has 2 rings (SSSR count). The average molecular weight is 291 g/mol. The van der Waals surface area contributed by atoms with Crippen molar-refractivity contribution in [1.29, 1.82) is 0 Å². The van der Waals surface area contributed by atoms with Crippen LogP contribution in [0.5, 0.6) is 0 Å². The molecule has 6 nitrogen and oxygen atoms in total. The lowest BCUT2D eigenvalue weighted by atomic mass is 10.3. The number of aromatic nitrogens is 3. The van der Waals surface area contributed by atoms with E-state index in [1.165, 1.54) is 9.80 Å². The lowest BCUT2D eigenvalue weighted by Gasteiger charge is -2.34. The number of nitrogens with zero attached hydrogens (tertiary/aromatic N) is 4. The first kappa shape index (κ1) is 14.8. The van der Waals surface area contributed by atoms with E-state index in [-0.39, 0.29) is 37.9 Å². The molecule has 1 amide bonds. The van der Waals surface area contributed by atoms with Crippen LogP contribution in [0.15, 0.2) is 0 Å². The number of hydrogen-bond donors (Lipinski definition) is 1. The largest absolute Gasteiger partial charge is 0.401 e. The summed E-state index contributed by atoms with van der Waals surface area (Å²) in [5.74, 6) is 0.350. The number of amides is 1. The Morgan fingerprint density at radius 2 is 1.95 bits per heavy atom. The van der Waals surface area contributed by atoms with Gasteiger partial charge in [-0.25, -0.2) is 4.98 Å². The number of halogens is 3. The highest BCUT2D eigenvalue weighted by molar-refractivity contribution is 5.90. The van der Waals surface area contributed by atoms with Crippen LogP contribution in [0.1, 0.15) is 23.4 Å². The lowest BCUT2D eigenvalue weighted by Crippen LogP contribution is -2.51. The zero-order valence-corrected chi connectivity index (χ0v) is 11.1. The van der Waals surface area contributed by atoms with Gasteiger partial charge in [-0.3, -0.25) is 14.8 Å². The van der Waals surface area contributed by atoms with Gasteiger partial charge < -0.3 is 4.90 Å². The van der Waals surface area contributed by atoms with Crippen LogP contribution < -0.4 is 0 Å². The van der Waals surface area contributed by atoms with Crippen molar-refractivity contribution >= 4 is 5.91 Å². The maximum absolute atomic E-state index is 12.3. The monoisotopic (exact) mass is 291 g/mol. The highest BCUT2D eigenvalue weighted by Crippen LogP contribution is 2.17. The van der Waals surface area contributed by atoms with E-state index in [4.69, 9.17) is 0 Å². The SMILES string of the molecule is CCc1nc(C(=O)N2CCN(CC(F)(F)F)CC2)n[nH]1. The molecule has 0 saturated carbocycles. The number of rotatable bonds is 3. The molecule has 1 aliphatic heterocycles. The van der Waals surface area contributed by atoms with Gasteiger partial charge in [0.2, 0.25) is 5.82 Å². The predicted octanol–water partition coefficient (Wildman–Crippen LogP) is 0.687. The first-order valence-electron chi connectivity index (χ1n) is 6.38. The molecule has 1 aromatic rings. The summed E-state index contributed by atoms with van der Waals surface area (Å²) < 4.78 is 36.8. The molecule has 112 valence electrons. The molecule has 0 radical (unpaired) electrons. The smallest absolute Gasteiger partial charge is 0.333 e. The summed E-state index contributed by atoms with van der Waals surface area (Å²) in [5, 5.41) is 6.47. The second-order valence-electron chi connectivity index (χ2n) is 4.64. The Kier molecular flexibility index (Phi) is 4.26.